The molecule has 1 amide bonds. The third-order valence-corrected chi connectivity index (χ3v) is 5.29. The minimum atomic E-state index is 0.222. The van der Waals surface area contributed by atoms with E-state index in [1.54, 1.807) is 12.5 Å². The van der Waals surface area contributed by atoms with Crippen molar-refractivity contribution in [2.45, 2.75) is 25.8 Å². The molecule has 0 radical (unpaired) electrons. The molecule has 2 fully saturated rings. The highest BCUT2D eigenvalue weighted by Gasteiger charge is 2.57. The molecular weight excluding hydrogens is 288 g/mol. The first kappa shape index (κ1) is 14.5. The number of hydrogen-bond donors (Lipinski definition) is 2. The van der Waals surface area contributed by atoms with Crippen LogP contribution in [0.3, 0.4) is 0 Å². The average Bonchev–Trinajstić information content (AvgIpc) is 3.02. The normalized spacial score (nSPS) is 22.0. The third kappa shape index (κ3) is 2.88. The maximum Gasteiger partial charge on any atom is 0.223 e. The summed E-state index contributed by atoms with van der Waals surface area (Å²) in [5.41, 5.74) is 2.48. The molecule has 2 heterocycles. The minimum Gasteiger partial charge on any atom is -0.352 e. The van der Waals surface area contributed by atoms with Crippen LogP contribution in [0.15, 0.2) is 43.0 Å². The molecule has 1 spiro atoms. The minimum absolute atomic E-state index is 0.222. The van der Waals surface area contributed by atoms with Crippen molar-refractivity contribution in [3.8, 4) is 5.69 Å². The van der Waals surface area contributed by atoms with Gasteiger partial charge in [0.2, 0.25) is 5.91 Å². The molecule has 1 atom stereocenters. The van der Waals surface area contributed by atoms with Crippen molar-refractivity contribution < 1.29 is 4.79 Å². The third-order valence-electron chi connectivity index (χ3n) is 5.29. The van der Waals surface area contributed by atoms with E-state index in [0.29, 0.717) is 12.0 Å². The van der Waals surface area contributed by atoms with E-state index in [1.807, 2.05) is 29.0 Å². The van der Waals surface area contributed by atoms with Gasteiger partial charge < -0.3 is 15.2 Å². The van der Waals surface area contributed by atoms with Crippen LogP contribution in [0.25, 0.3) is 5.69 Å². The van der Waals surface area contributed by atoms with E-state index in [9.17, 15) is 4.79 Å². The summed E-state index contributed by atoms with van der Waals surface area (Å²) in [7, 11) is 0. The molecule has 5 nitrogen and oxygen atoms in total. The highest BCUT2D eigenvalue weighted by atomic mass is 16.2. The van der Waals surface area contributed by atoms with Crippen LogP contribution >= 0.6 is 0 Å². The number of rotatable bonds is 4. The van der Waals surface area contributed by atoms with Crippen molar-refractivity contribution in [1.82, 2.24) is 20.2 Å². The van der Waals surface area contributed by atoms with Crippen molar-refractivity contribution in [1.29, 1.82) is 0 Å². The van der Waals surface area contributed by atoms with Crippen LogP contribution < -0.4 is 10.6 Å². The van der Waals surface area contributed by atoms with Gasteiger partial charge in [0.05, 0.1) is 6.33 Å². The summed E-state index contributed by atoms with van der Waals surface area (Å²) in [5, 5.41) is 6.50. The lowest BCUT2D eigenvalue weighted by molar-refractivity contribution is -0.123. The lowest BCUT2D eigenvalue weighted by Gasteiger charge is -2.23. The van der Waals surface area contributed by atoms with Crippen molar-refractivity contribution in [3.63, 3.8) is 0 Å². The number of hydrogen-bond acceptors (Lipinski definition) is 3. The van der Waals surface area contributed by atoms with Gasteiger partial charge in [-0.05, 0) is 55.5 Å². The molecule has 2 aliphatic rings. The molecule has 23 heavy (non-hydrogen) atoms. The first-order valence-electron chi connectivity index (χ1n) is 8.33. The second-order valence-electron chi connectivity index (χ2n) is 6.73. The molecule has 1 saturated heterocycles. The van der Waals surface area contributed by atoms with Crippen LogP contribution in [0.5, 0.6) is 0 Å². The average molecular weight is 310 g/mol. The fraction of sp³-hybridized carbons (Fsp3) is 0.444. The first-order valence-corrected chi connectivity index (χ1v) is 8.33. The van der Waals surface area contributed by atoms with Crippen LogP contribution in [-0.2, 0) is 11.3 Å². The van der Waals surface area contributed by atoms with E-state index in [2.05, 4.69) is 21.7 Å². The Morgan fingerprint density at radius 1 is 1.39 bits per heavy atom. The number of nitrogens with zero attached hydrogens (tertiary/aromatic N) is 2. The molecule has 1 aromatic heterocycles. The van der Waals surface area contributed by atoms with Gasteiger partial charge in [-0.1, -0.05) is 12.1 Å². The molecule has 5 heteroatoms. The Hall–Kier alpha value is -2.14. The highest BCUT2D eigenvalue weighted by molar-refractivity contribution is 5.82. The van der Waals surface area contributed by atoms with Crippen LogP contribution in [0.1, 0.15) is 24.8 Å². The predicted octanol–water partition coefficient (Wildman–Crippen LogP) is 1.88. The topological polar surface area (TPSA) is 59.0 Å². The lowest BCUT2D eigenvalue weighted by atomic mass is 9.92. The summed E-state index contributed by atoms with van der Waals surface area (Å²) in [5.74, 6) is 0.446. The zero-order valence-electron chi connectivity index (χ0n) is 13.2. The fourth-order valence-electron chi connectivity index (χ4n) is 3.75. The zero-order chi connectivity index (χ0) is 15.7. The molecule has 2 N–H and O–H groups in total. The van der Waals surface area contributed by atoms with Gasteiger partial charge in [0.1, 0.15) is 0 Å². The molecule has 1 unspecified atom stereocenters. The number of imidazole rings is 1. The van der Waals surface area contributed by atoms with E-state index in [0.717, 1.165) is 43.6 Å². The lowest BCUT2D eigenvalue weighted by Crippen LogP contribution is -2.33. The number of benzene rings is 1. The second kappa shape index (κ2) is 5.81. The fourth-order valence-corrected chi connectivity index (χ4v) is 3.75. The van der Waals surface area contributed by atoms with Crippen molar-refractivity contribution in [3.05, 3.63) is 48.5 Å². The molecule has 1 aliphatic heterocycles. The Bertz CT molecular complexity index is 689. The van der Waals surface area contributed by atoms with Gasteiger partial charge in [0.15, 0.2) is 0 Å². The monoisotopic (exact) mass is 310 g/mol. The summed E-state index contributed by atoms with van der Waals surface area (Å²) in [6.07, 6.45) is 8.81. The van der Waals surface area contributed by atoms with Crippen LogP contribution in [0.4, 0.5) is 0 Å². The number of nitrogens with one attached hydrogen (secondary N) is 2. The Balaban J connectivity index is 1.36. The highest BCUT2D eigenvalue weighted by Crippen LogP contribution is 2.58. The molecule has 1 aliphatic carbocycles. The summed E-state index contributed by atoms with van der Waals surface area (Å²) in [6, 6.07) is 8.20. The van der Waals surface area contributed by atoms with Crippen LogP contribution in [-0.4, -0.2) is 28.5 Å². The molecular formula is C18H22N4O. The van der Waals surface area contributed by atoms with Crippen molar-refractivity contribution in [2.75, 3.05) is 13.1 Å². The Labute approximate surface area is 136 Å². The van der Waals surface area contributed by atoms with Gasteiger partial charge in [0.25, 0.3) is 0 Å². The van der Waals surface area contributed by atoms with Gasteiger partial charge in [-0.2, -0.15) is 0 Å². The van der Waals surface area contributed by atoms with Gasteiger partial charge in [-0.3, -0.25) is 4.79 Å². The largest absolute Gasteiger partial charge is 0.352 e. The first-order chi connectivity index (χ1) is 11.3. The molecule has 1 aromatic carbocycles. The number of carbonyl (C=O) groups is 1. The van der Waals surface area contributed by atoms with Crippen LogP contribution in [0.2, 0.25) is 0 Å². The molecule has 1 saturated carbocycles. The predicted molar refractivity (Wildman–Crippen MR) is 88.1 cm³/mol. The standard InChI is InChI=1S/C18H22N4O/c23-17(16-11-18(16)4-6-19-7-5-18)21-12-14-2-1-3-15(10-14)22-9-8-20-13-22/h1-3,8-10,13,16,19H,4-7,11-12H2,(H,21,23). The summed E-state index contributed by atoms with van der Waals surface area (Å²) in [6.45, 7) is 2.69. The molecule has 120 valence electrons. The zero-order valence-corrected chi connectivity index (χ0v) is 13.2. The van der Waals surface area contributed by atoms with Crippen molar-refractivity contribution >= 4 is 5.91 Å². The summed E-state index contributed by atoms with van der Waals surface area (Å²) in [4.78, 5) is 16.5. The van der Waals surface area contributed by atoms with Gasteiger partial charge >= 0.3 is 0 Å². The Morgan fingerprint density at radius 2 is 2.26 bits per heavy atom. The molecule has 2 aromatic rings. The molecule has 4 rings (SSSR count). The SMILES string of the molecule is O=C(NCc1cccc(-n2ccnc2)c1)C1CC12CCNCC2. The van der Waals surface area contributed by atoms with Gasteiger partial charge in [0, 0.05) is 30.5 Å². The van der Waals surface area contributed by atoms with Crippen molar-refractivity contribution in [2.24, 2.45) is 11.3 Å². The second-order valence-corrected chi connectivity index (χ2v) is 6.73. The number of piperidine rings is 1. The smallest absolute Gasteiger partial charge is 0.223 e. The molecule has 0 bridgehead atoms. The van der Waals surface area contributed by atoms with E-state index < -0.39 is 0 Å². The number of carbonyl (C=O) groups excluding carboxylic acids is 1. The maximum atomic E-state index is 12.4. The number of amides is 1. The quantitative estimate of drug-likeness (QED) is 0.906. The van der Waals surface area contributed by atoms with Gasteiger partial charge in [-0.25, -0.2) is 4.98 Å². The van der Waals surface area contributed by atoms with Crippen LogP contribution in [0, 0.1) is 11.3 Å². The van der Waals surface area contributed by atoms with E-state index in [-0.39, 0.29) is 11.8 Å². The number of aromatic nitrogens is 2. The van der Waals surface area contributed by atoms with E-state index in [4.69, 9.17) is 0 Å². The van der Waals surface area contributed by atoms with E-state index in [1.165, 1.54) is 0 Å². The Morgan fingerprint density at radius 3 is 3.04 bits per heavy atom. The summed E-state index contributed by atoms with van der Waals surface area (Å²) >= 11 is 0. The Kier molecular flexibility index (Phi) is 3.65. The van der Waals surface area contributed by atoms with Gasteiger partial charge in [-0.15, -0.1) is 0 Å². The van der Waals surface area contributed by atoms with E-state index >= 15 is 0 Å². The maximum absolute atomic E-state index is 12.4. The summed E-state index contributed by atoms with van der Waals surface area (Å²) < 4.78 is 1.97.